The molecule has 0 aromatic heterocycles. The molecule has 0 aliphatic heterocycles. The molecule has 0 saturated heterocycles. The van der Waals surface area contributed by atoms with Gasteiger partial charge in [0.05, 0.1) is 24.7 Å². The van der Waals surface area contributed by atoms with Crippen LogP contribution in [0.2, 0.25) is 0 Å². The molecule has 1 atom stereocenters. The standard InChI is InChI=1S/C14H21FN2O5S/c1-2-13(14(19)16-7-9-22-10-8-18)17-23(20,21)12-5-3-11(15)4-6-12/h3-6,13,17-18H,2,7-10H2,1H3,(H,16,19). The minimum Gasteiger partial charge on any atom is -0.394 e. The van der Waals surface area contributed by atoms with E-state index < -0.39 is 27.8 Å². The zero-order chi connectivity index (χ0) is 17.3. The molecule has 1 rings (SSSR count). The largest absolute Gasteiger partial charge is 0.394 e. The van der Waals surface area contributed by atoms with E-state index in [4.69, 9.17) is 9.84 Å². The third kappa shape index (κ3) is 6.61. The Kier molecular flexibility index (Phi) is 8.10. The van der Waals surface area contributed by atoms with Gasteiger partial charge in [-0.2, -0.15) is 4.72 Å². The maximum Gasteiger partial charge on any atom is 0.241 e. The zero-order valence-electron chi connectivity index (χ0n) is 12.8. The lowest BCUT2D eigenvalue weighted by atomic mass is 10.2. The van der Waals surface area contributed by atoms with Crippen molar-refractivity contribution in [2.75, 3.05) is 26.4 Å². The van der Waals surface area contributed by atoms with E-state index in [0.717, 1.165) is 24.3 Å². The van der Waals surface area contributed by atoms with E-state index in [1.807, 2.05) is 0 Å². The van der Waals surface area contributed by atoms with Crippen LogP contribution in [0.1, 0.15) is 13.3 Å². The van der Waals surface area contributed by atoms with Crippen LogP contribution < -0.4 is 10.0 Å². The predicted octanol–water partition coefficient (Wildman–Crippen LogP) is 0.00770. The average Bonchev–Trinajstić information content (AvgIpc) is 2.52. The van der Waals surface area contributed by atoms with Gasteiger partial charge >= 0.3 is 0 Å². The van der Waals surface area contributed by atoms with Crippen molar-refractivity contribution in [3.05, 3.63) is 30.1 Å². The van der Waals surface area contributed by atoms with Crippen LogP contribution in [-0.4, -0.2) is 51.8 Å². The van der Waals surface area contributed by atoms with Crippen LogP contribution in [0.5, 0.6) is 0 Å². The lowest BCUT2D eigenvalue weighted by Gasteiger charge is -2.17. The van der Waals surface area contributed by atoms with E-state index in [1.165, 1.54) is 0 Å². The van der Waals surface area contributed by atoms with Crippen molar-refractivity contribution in [1.29, 1.82) is 0 Å². The first-order chi connectivity index (χ1) is 10.9. The molecule has 130 valence electrons. The first-order valence-corrected chi connectivity index (χ1v) is 8.63. The Balaban J connectivity index is 2.60. The Morgan fingerprint density at radius 1 is 1.30 bits per heavy atom. The third-order valence-electron chi connectivity index (χ3n) is 2.93. The minimum atomic E-state index is -3.91. The fourth-order valence-corrected chi connectivity index (χ4v) is 3.01. The molecule has 1 amide bonds. The number of aliphatic hydroxyl groups excluding tert-OH is 1. The Morgan fingerprint density at radius 2 is 1.96 bits per heavy atom. The van der Waals surface area contributed by atoms with Gasteiger partial charge in [0, 0.05) is 6.54 Å². The Morgan fingerprint density at radius 3 is 2.52 bits per heavy atom. The van der Waals surface area contributed by atoms with E-state index >= 15 is 0 Å². The van der Waals surface area contributed by atoms with Gasteiger partial charge in [-0.25, -0.2) is 12.8 Å². The molecule has 9 heteroatoms. The average molecular weight is 348 g/mol. The van der Waals surface area contributed by atoms with Crippen LogP contribution in [0.3, 0.4) is 0 Å². The molecule has 0 fully saturated rings. The second-order valence-electron chi connectivity index (χ2n) is 4.66. The molecule has 0 radical (unpaired) electrons. The fourth-order valence-electron chi connectivity index (χ4n) is 1.73. The summed E-state index contributed by atoms with van der Waals surface area (Å²) in [6.45, 7) is 2.15. The molecule has 1 aromatic rings. The summed E-state index contributed by atoms with van der Waals surface area (Å²) in [6, 6.07) is 3.39. The van der Waals surface area contributed by atoms with Crippen molar-refractivity contribution in [3.63, 3.8) is 0 Å². The van der Waals surface area contributed by atoms with Crippen molar-refractivity contribution in [3.8, 4) is 0 Å². The van der Waals surface area contributed by atoms with Crippen molar-refractivity contribution < 1.29 is 27.4 Å². The highest BCUT2D eigenvalue weighted by Gasteiger charge is 2.24. The molecule has 23 heavy (non-hydrogen) atoms. The van der Waals surface area contributed by atoms with Gasteiger partial charge in [-0.1, -0.05) is 6.92 Å². The van der Waals surface area contributed by atoms with E-state index in [-0.39, 0.29) is 37.7 Å². The number of aliphatic hydroxyl groups is 1. The van der Waals surface area contributed by atoms with E-state index in [1.54, 1.807) is 6.92 Å². The SMILES string of the molecule is CCC(NS(=O)(=O)c1ccc(F)cc1)C(=O)NCCOCCO. The van der Waals surface area contributed by atoms with Gasteiger partial charge in [0.25, 0.3) is 0 Å². The number of nitrogens with one attached hydrogen (secondary N) is 2. The summed E-state index contributed by atoms with van der Waals surface area (Å²) in [5.74, 6) is -1.03. The van der Waals surface area contributed by atoms with Crippen LogP contribution >= 0.6 is 0 Å². The summed E-state index contributed by atoms with van der Waals surface area (Å²) in [7, 11) is -3.91. The molecule has 0 aliphatic carbocycles. The second-order valence-corrected chi connectivity index (χ2v) is 6.38. The Bertz CT molecular complexity index is 592. The lowest BCUT2D eigenvalue weighted by molar-refractivity contribution is -0.123. The summed E-state index contributed by atoms with van der Waals surface area (Å²) in [5.41, 5.74) is 0. The summed E-state index contributed by atoms with van der Waals surface area (Å²) in [5, 5.41) is 11.1. The van der Waals surface area contributed by atoms with Gasteiger partial charge in [0.1, 0.15) is 11.9 Å². The number of carbonyl (C=O) groups excluding carboxylic acids is 1. The zero-order valence-corrected chi connectivity index (χ0v) is 13.6. The predicted molar refractivity (Wildman–Crippen MR) is 81.7 cm³/mol. The van der Waals surface area contributed by atoms with Crippen LogP contribution in [0.4, 0.5) is 4.39 Å². The summed E-state index contributed by atoms with van der Waals surface area (Å²) in [6.07, 6.45) is 0.254. The first-order valence-electron chi connectivity index (χ1n) is 7.15. The maximum absolute atomic E-state index is 12.9. The number of benzene rings is 1. The van der Waals surface area contributed by atoms with E-state index in [9.17, 15) is 17.6 Å². The molecule has 0 saturated carbocycles. The molecule has 0 bridgehead atoms. The van der Waals surface area contributed by atoms with Gasteiger partial charge in [0.15, 0.2) is 0 Å². The molecule has 3 N–H and O–H groups in total. The van der Waals surface area contributed by atoms with Crippen LogP contribution in [0.25, 0.3) is 0 Å². The molecule has 7 nitrogen and oxygen atoms in total. The monoisotopic (exact) mass is 348 g/mol. The molecule has 1 unspecified atom stereocenters. The van der Waals surface area contributed by atoms with Gasteiger partial charge in [-0.15, -0.1) is 0 Å². The van der Waals surface area contributed by atoms with Gasteiger partial charge in [0.2, 0.25) is 15.9 Å². The molecule has 1 aromatic carbocycles. The van der Waals surface area contributed by atoms with Crippen molar-refractivity contribution >= 4 is 15.9 Å². The normalized spacial score (nSPS) is 12.8. The second kappa shape index (κ2) is 9.56. The van der Waals surface area contributed by atoms with Crippen molar-refractivity contribution in [1.82, 2.24) is 10.0 Å². The number of halogens is 1. The fraction of sp³-hybridized carbons (Fsp3) is 0.500. The van der Waals surface area contributed by atoms with Gasteiger partial charge in [-0.3, -0.25) is 4.79 Å². The van der Waals surface area contributed by atoms with Gasteiger partial charge in [-0.05, 0) is 30.7 Å². The van der Waals surface area contributed by atoms with E-state index in [0.29, 0.717) is 0 Å². The topological polar surface area (TPSA) is 105 Å². The molecule has 0 heterocycles. The quantitative estimate of drug-likeness (QED) is 0.517. The number of sulfonamides is 1. The minimum absolute atomic E-state index is 0.108. The van der Waals surface area contributed by atoms with Crippen molar-refractivity contribution in [2.45, 2.75) is 24.3 Å². The molecule has 0 aliphatic rings. The highest BCUT2D eigenvalue weighted by atomic mass is 32.2. The molecular formula is C14H21FN2O5S. The Hall–Kier alpha value is -1.55. The number of hydrogen-bond donors (Lipinski definition) is 3. The third-order valence-corrected chi connectivity index (χ3v) is 4.41. The van der Waals surface area contributed by atoms with Crippen LogP contribution in [0, 0.1) is 5.82 Å². The lowest BCUT2D eigenvalue weighted by Crippen LogP contribution is -2.47. The summed E-state index contributed by atoms with van der Waals surface area (Å²) < 4.78 is 44.5. The van der Waals surface area contributed by atoms with Crippen molar-refractivity contribution in [2.24, 2.45) is 0 Å². The highest BCUT2D eigenvalue weighted by Crippen LogP contribution is 2.11. The number of rotatable bonds is 10. The smallest absolute Gasteiger partial charge is 0.241 e. The first kappa shape index (κ1) is 19.5. The highest BCUT2D eigenvalue weighted by molar-refractivity contribution is 7.89. The number of ether oxygens (including phenoxy) is 1. The summed E-state index contributed by atoms with van der Waals surface area (Å²) in [4.78, 5) is 11.9. The maximum atomic E-state index is 12.9. The van der Waals surface area contributed by atoms with Crippen LogP contribution in [-0.2, 0) is 19.6 Å². The molecule has 0 spiro atoms. The van der Waals surface area contributed by atoms with Crippen LogP contribution in [0.15, 0.2) is 29.2 Å². The van der Waals surface area contributed by atoms with E-state index in [2.05, 4.69) is 10.0 Å². The number of hydrogen-bond acceptors (Lipinski definition) is 5. The van der Waals surface area contributed by atoms with Gasteiger partial charge < -0.3 is 15.2 Å². The number of carbonyl (C=O) groups is 1. The molecular weight excluding hydrogens is 327 g/mol. The number of amides is 1. The summed E-state index contributed by atoms with van der Waals surface area (Å²) >= 11 is 0. The Labute approximate surface area is 134 Å².